The number of hydrogen-bond donors (Lipinski definition) is 0. The van der Waals surface area contributed by atoms with E-state index in [1.807, 2.05) is 17.4 Å². The van der Waals surface area contributed by atoms with Gasteiger partial charge in [-0.3, -0.25) is 4.79 Å². The second-order valence-electron chi connectivity index (χ2n) is 5.14. The van der Waals surface area contributed by atoms with Gasteiger partial charge >= 0.3 is 0 Å². The Morgan fingerprint density at radius 3 is 2.90 bits per heavy atom. The normalized spacial score (nSPS) is 17.9. The van der Waals surface area contributed by atoms with Crippen LogP contribution in [0.5, 0.6) is 0 Å². The molecule has 2 nitrogen and oxygen atoms in total. The lowest BCUT2D eigenvalue weighted by atomic mass is 10.0. The SMILES string of the molecule is CC(=O)c1ccc(N2CCc3sccc3C2C)cc1Br. The van der Waals surface area contributed by atoms with Crippen LogP contribution in [0.1, 0.15) is 40.7 Å². The molecule has 0 saturated heterocycles. The minimum Gasteiger partial charge on any atom is -0.364 e. The van der Waals surface area contributed by atoms with Crippen LogP contribution in [0.4, 0.5) is 5.69 Å². The van der Waals surface area contributed by atoms with Gasteiger partial charge in [0.1, 0.15) is 0 Å². The van der Waals surface area contributed by atoms with Crippen molar-refractivity contribution in [2.75, 3.05) is 11.4 Å². The average Bonchev–Trinajstić information content (AvgIpc) is 2.87. The van der Waals surface area contributed by atoms with Gasteiger partial charge in [0, 0.05) is 27.1 Å². The maximum atomic E-state index is 11.5. The first-order chi connectivity index (χ1) is 9.58. The number of carbonyl (C=O) groups is 1. The smallest absolute Gasteiger partial charge is 0.160 e. The molecule has 1 aliphatic rings. The summed E-state index contributed by atoms with van der Waals surface area (Å²) in [7, 11) is 0. The molecule has 1 unspecified atom stereocenters. The van der Waals surface area contributed by atoms with E-state index in [1.54, 1.807) is 6.92 Å². The van der Waals surface area contributed by atoms with Gasteiger partial charge in [-0.25, -0.2) is 0 Å². The van der Waals surface area contributed by atoms with Crippen molar-refractivity contribution in [2.45, 2.75) is 26.3 Å². The monoisotopic (exact) mass is 349 g/mol. The topological polar surface area (TPSA) is 20.3 Å². The summed E-state index contributed by atoms with van der Waals surface area (Å²) in [4.78, 5) is 15.4. The maximum Gasteiger partial charge on any atom is 0.160 e. The number of ketones is 1. The van der Waals surface area contributed by atoms with E-state index in [0.29, 0.717) is 6.04 Å². The summed E-state index contributed by atoms with van der Waals surface area (Å²) in [5.41, 5.74) is 3.36. The van der Waals surface area contributed by atoms with Crippen molar-refractivity contribution in [1.29, 1.82) is 0 Å². The molecule has 0 bridgehead atoms. The Morgan fingerprint density at radius 2 is 2.20 bits per heavy atom. The Labute approximate surface area is 131 Å². The molecule has 20 heavy (non-hydrogen) atoms. The van der Waals surface area contributed by atoms with E-state index in [4.69, 9.17) is 0 Å². The van der Waals surface area contributed by atoms with Gasteiger partial charge in [0.25, 0.3) is 0 Å². The van der Waals surface area contributed by atoms with Gasteiger partial charge in [0.2, 0.25) is 0 Å². The highest BCUT2D eigenvalue weighted by Crippen LogP contribution is 2.37. The molecule has 0 aliphatic carbocycles. The van der Waals surface area contributed by atoms with Crippen molar-refractivity contribution in [3.8, 4) is 0 Å². The van der Waals surface area contributed by atoms with E-state index >= 15 is 0 Å². The molecule has 2 aromatic rings. The standard InChI is InChI=1S/C16H16BrNOS/c1-10-13-6-8-20-16(13)5-7-18(10)12-3-4-14(11(2)19)15(17)9-12/h3-4,6,8-10H,5,7H2,1-2H3. The molecule has 1 aromatic heterocycles. The molecule has 1 atom stereocenters. The lowest BCUT2D eigenvalue weighted by Gasteiger charge is -2.35. The molecule has 0 radical (unpaired) electrons. The van der Waals surface area contributed by atoms with Crippen LogP contribution in [0.25, 0.3) is 0 Å². The Kier molecular flexibility index (Phi) is 3.69. The average molecular weight is 350 g/mol. The number of halogens is 1. The van der Waals surface area contributed by atoms with Crippen LogP contribution in [0.15, 0.2) is 34.1 Å². The Balaban J connectivity index is 1.95. The van der Waals surface area contributed by atoms with Crippen LogP contribution in [-0.4, -0.2) is 12.3 Å². The summed E-state index contributed by atoms with van der Waals surface area (Å²) in [6.45, 7) is 4.87. The third kappa shape index (κ3) is 2.31. The van der Waals surface area contributed by atoms with Crippen LogP contribution >= 0.6 is 27.3 Å². The Bertz CT molecular complexity index is 664. The van der Waals surface area contributed by atoms with E-state index in [2.05, 4.69) is 51.3 Å². The van der Waals surface area contributed by atoms with E-state index in [1.165, 1.54) is 16.1 Å². The fourth-order valence-corrected chi connectivity index (χ4v) is 4.44. The van der Waals surface area contributed by atoms with Crippen molar-refractivity contribution in [3.05, 3.63) is 50.1 Å². The van der Waals surface area contributed by atoms with Gasteiger partial charge in [-0.15, -0.1) is 11.3 Å². The van der Waals surface area contributed by atoms with E-state index < -0.39 is 0 Å². The van der Waals surface area contributed by atoms with Crippen LogP contribution in [0.2, 0.25) is 0 Å². The molecule has 1 aromatic carbocycles. The number of benzene rings is 1. The zero-order chi connectivity index (χ0) is 14.3. The minimum absolute atomic E-state index is 0.0928. The fourth-order valence-electron chi connectivity index (χ4n) is 2.83. The largest absolute Gasteiger partial charge is 0.364 e. The van der Waals surface area contributed by atoms with E-state index in [0.717, 1.165) is 23.0 Å². The zero-order valence-electron chi connectivity index (χ0n) is 11.5. The number of nitrogens with zero attached hydrogens (tertiary/aromatic N) is 1. The molecule has 0 saturated carbocycles. The molecule has 1 aliphatic heterocycles. The van der Waals surface area contributed by atoms with Crippen LogP contribution < -0.4 is 4.90 Å². The van der Waals surface area contributed by atoms with E-state index in [9.17, 15) is 4.79 Å². The molecule has 3 rings (SSSR count). The van der Waals surface area contributed by atoms with Crippen LogP contribution in [-0.2, 0) is 6.42 Å². The predicted octanol–water partition coefficient (Wildman–Crippen LogP) is 4.84. The Morgan fingerprint density at radius 1 is 1.40 bits per heavy atom. The first-order valence-electron chi connectivity index (χ1n) is 6.71. The lowest BCUT2D eigenvalue weighted by Crippen LogP contribution is -2.33. The molecule has 4 heteroatoms. The fraction of sp³-hybridized carbons (Fsp3) is 0.312. The third-order valence-corrected chi connectivity index (χ3v) is 5.59. The molecular formula is C16H16BrNOS. The van der Waals surface area contributed by atoms with Crippen molar-refractivity contribution in [3.63, 3.8) is 0 Å². The van der Waals surface area contributed by atoms with Crippen molar-refractivity contribution in [2.24, 2.45) is 0 Å². The highest BCUT2D eigenvalue weighted by molar-refractivity contribution is 9.10. The number of thiophene rings is 1. The molecule has 104 valence electrons. The van der Waals surface area contributed by atoms with Crippen molar-refractivity contribution >= 4 is 38.7 Å². The molecule has 0 amide bonds. The number of fused-ring (bicyclic) bond motifs is 1. The second-order valence-corrected chi connectivity index (χ2v) is 6.99. The highest BCUT2D eigenvalue weighted by Gasteiger charge is 2.25. The Hall–Kier alpha value is -1.13. The first-order valence-corrected chi connectivity index (χ1v) is 8.38. The zero-order valence-corrected chi connectivity index (χ0v) is 13.9. The first kappa shape index (κ1) is 13.8. The summed E-state index contributed by atoms with van der Waals surface area (Å²) in [5.74, 6) is 0.0928. The minimum atomic E-state index is 0.0928. The molecule has 0 spiro atoms. The molecule has 0 N–H and O–H groups in total. The van der Waals surface area contributed by atoms with Gasteiger partial charge in [-0.1, -0.05) is 0 Å². The summed E-state index contributed by atoms with van der Waals surface area (Å²) < 4.78 is 0.880. The van der Waals surface area contributed by atoms with Gasteiger partial charge < -0.3 is 4.90 Å². The summed E-state index contributed by atoms with van der Waals surface area (Å²) in [6.07, 6.45) is 1.10. The number of rotatable bonds is 2. The van der Waals surface area contributed by atoms with Crippen molar-refractivity contribution < 1.29 is 4.79 Å². The molecule has 2 heterocycles. The van der Waals surface area contributed by atoms with Crippen LogP contribution in [0, 0.1) is 0 Å². The maximum absolute atomic E-state index is 11.5. The van der Waals surface area contributed by atoms with Crippen LogP contribution in [0.3, 0.4) is 0 Å². The lowest BCUT2D eigenvalue weighted by molar-refractivity contribution is 0.101. The highest BCUT2D eigenvalue weighted by atomic mass is 79.9. The summed E-state index contributed by atoms with van der Waals surface area (Å²) >= 11 is 5.37. The second kappa shape index (κ2) is 5.34. The van der Waals surface area contributed by atoms with Gasteiger partial charge in [-0.2, -0.15) is 0 Å². The third-order valence-electron chi connectivity index (χ3n) is 3.94. The molecular weight excluding hydrogens is 334 g/mol. The summed E-state index contributed by atoms with van der Waals surface area (Å²) in [6, 6.07) is 8.65. The number of Topliss-reactive ketones (excluding diaryl/α,β-unsaturated/α-hetero) is 1. The summed E-state index contributed by atoms with van der Waals surface area (Å²) in [5, 5.41) is 2.18. The molecule has 0 fully saturated rings. The number of hydrogen-bond acceptors (Lipinski definition) is 3. The quantitative estimate of drug-likeness (QED) is 0.723. The predicted molar refractivity (Wildman–Crippen MR) is 87.9 cm³/mol. The van der Waals surface area contributed by atoms with Gasteiger partial charge in [0.15, 0.2) is 5.78 Å². The van der Waals surface area contributed by atoms with Gasteiger partial charge in [-0.05, 0) is 71.4 Å². The van der Waals surface area contributed by atoms with Gasteiger partial charge in [0.05, 0.1) is 6.04 Å². The van der Waals surface area contributed by atoms with Crippen molar-refractivity contribution in [1.82, 2.24) is 0 Å². The number of anilines is 1. The van der Waals surface area contributed by atoms with E-state index in [-0.39, 0.29) is 5.78 Å². The number of carbonyl (C=O) groups excluding carboxylic acids is 1.